The molecule has 0 atom stereocenters. The van der Waals surface area contributed by atoms with E-state index in [1.807, 2.05) is 66.9 Å². The van der Waals surface area contributed by atoms with E-state index in [1.54, 1.807) is 11.8 Å². The lowest BCUT2D eigenvalue weighted by Gasteiger charge is -2.03. The number of rotatable bonds is 4. The van der Waals surface area contributed by atoms with Crippen molar-refractivity contribution in [2.45, 2.75) is 0 Å². The van der Waals surface area contributed by atoms with E-state index in [9.17, 15) is 4.79 Å². The van der Waals surface area contributed by atoms with Gasteiger partial charge in [0.15, 0.2) is 0 Å². The number of amides is 1. The Kier molecular flexibility index (Phi) is 4.52. The van der Waals surface area contributed by atoms with Crippen molar-refractivity contribution < 1.29 is 9.53 Å². The number of aromatic nitrogens is 2. The minimum absolute atomic E-state index is 0.234. The number of nitrogens with zero attached hydrogens (tertiary/aromatic N) is 3. The number of carbonyl (C=O) groups excluding carboxylic acids is 1. The topological polar surface area (TPSA) is 82.5 Å². The lowest BCUT2D eigenvalue weighted by atomic mass is 10.1. The highest BCUT2D eigenvalue weighted by Crippen LogP contribution is 2.32. The maximum absolute atomic E-state index is 11.5. The summed E-state index contributed by atoms with van der Waals surface area (Å²) in [6.45, 7) is 0. The molecule has 0 radical (unpaired) electrons. The van der Waals surface area contributed by atoms with Crippen LogP contribution in [0.3, 0.4) is 0 Å². The molecule has 0 spiro atoms. The normalized spacial score (nSPS) is 15.2. The van der Waals surface area contributed by atoms with E-state index in [2.05, 4.69) is 4.99 Å². The zero-order chi connectivity index (χ0) is 18.8. The Morgan fingerprint density at radius 1 is 1.11 bits per heavy atom. The lowest BCUT2D eigenvalue weighted by Crippen LogP contribution is -2.08. The average Bonchev–Trinajstić information content (AvgIpc) is 3.25. The van der Waals surface area contributed by atoms with Gasteiger partial charge in [0.05, 0.1) is 23.4 Å². The van der Waals surface area contributed by atoms with Gasteiger partial charge in [0.25, 0.3) is 0 Å². The molecule has 0 bridgehead atoms. The van der Waals surface area contributed by atoms with Gasteiger partial charge in [-0.1, -0.05) is 18.2 Å². The van der Waals surface area contributed by atoms with Crippen LogP contribution in [0.5, 0.6) is 5.75 Å². The quantitative estimate of drug-likeness (QED) is 0.741. The standard InChI is InChI=1S/C20H16N4O2S/c1-26-16-9-7-13(8-10-16)18-14(11-17-19(21)22-20(25)27-17)12-24(23-18)15-5-3-2-4-6-15/h2-12H,1H3,(H2,21,22,25). The smallest absolute Gasteiger partial charge is 0.311 e. The van der Waals surface area contributed by atoms with Gasteiger partial charge in [-0.25, -0.2) is 4.68 Å². The van der Waals surface area contributed by atoms with Crippen molar-refractivity contribution in [2.24, 2.45) is 10.7 Å². The first-order valence-electron chi connectivity index (χ1n) is 8.21. The minimum atomic E-state index is -0.305. The summed E-state index contributed by atoms with van der Waals surface area (Å²) in [5, 5.41) is 4.44. The summed E-state index contributed by atoms with van der Waals surface area (Å²) in [6, 6.07) is 17.5. The van der Waals surface area contributed by atoms with Crippen molar-refractivity contribution in [3.8, 4) is 22.7 Å². The summed E-state index contributed by atoms with van der Waals surface area (Å²) >= 11 is 1.02. The molecule has 0 saturated heterocycles. The molecule has 27 heavy (non-hydrogen) atoms. The number of nitrogens with two attached hydrogens (primary N) is 1. The van der Waals surface area contributed by atoms with E-state index >= 15 is 0 Å². The molecule has 0 aliphatic carbocycles. The third kappa shape index (κ3) is 3.50. The first-order valence-corrected chi connectivity index (χ1v) is 9.03. The molecule has 4 rings (SSSR count). The van der Waals surface area contributed by atoms with Crippen LogP contribution in [0, 0.1) is 0 Å². The Labute approximate surface area is 160 Å². The molecule has 0 saturated carbocycles. The molecule has 0 unspecified atom stereocenters. The van der Waals surface area contributed by atoms with E-state index in [-0.39, 0.29) is 11.1 Å². The molecule has 3 aromatic rings. The van der Waals surface area contributed by atoms with Crippen molar-refractivity contribution in [3.63, 3.8) is 0 Å². The van der Waals surface area contributed by atoms with Gasteiger partial charge in [-0.15, -0.1) is 0 Å². The van der Waals surface area contributed by atoms with E-state index in [4.69, 9.17) is 15.6 Å². The molecular weight excluding hydrogens is 360 g/mol. The SMILES string of the molecule is COc1ccc(-c2nn(-c3ccccc3)cc2C=C2SC(=O)N=C2N)cc1. The lowest BCUT2D eigenvalue weighted by molar-refractivity contribution is 0.268. The summed E-state index contributed by atoms with van der Waals surface area (Å²) in [5.74, 6) is 1.01. The van der Waals surface area contributed by atoms with E-state index in [0.29, 0.717) is 4.91 Å². The fraction of sp³-hybridized carbons (Fsp3) is 0.0500. The minimum Gasteiger partial charge on any atom is -0.497 e. The number of benzene rings is 2. The molecule has 6 nitrogen and oxygen atoms in total. The zero-order valence-corrected chi connectivity index (χ0v) is 15.3. The Balaban J connectivity index is 1.82. The fourth-order valence-electron chi connectivity index (χ4n) is 2.75. The molecule has 1 aliphatic rings. The third-order valence-electron chi connectivity index (χ3n) is 4.07. The van der Waals surface area contributed by atoms with Crippen molar-refractivity contribution >= 4 is 28.9 Å². The van der Waals surface area contributed by atoms with Gasteiger partial charge in [-0.2, -0.15) is 10.1 Å². The molecular formula is C20H16N4O2S. The summed E-state index contributed by atoms with van der Waals surface area (Å²) in [5.41, 5.74) is 9.36. The van der Waals surface area contributed by atoms with E-state index in [0.717, 1.165) is 40.0 Å². The monoisotopic (exact) mass is 376 g/mol. The number of methoxy groups -OCH3 is 1. The predicted molar refractivity (Wildman–Crippen MR) is 108 cm³/mol. The molecule has 2 heterocycles. The van der Waals surface area contributed by atoms with Crippen LogP contribution < -0.4 is 10.5 Å². The van der Waals surface area contributed by atoms with Crippen molar-refractivity contribution in [1.29, 1.82) is 0 Å². The molecule has 0 fully saturated rings. The number of aliphatic imine (C=N–C) groups is 1. The predicted octanol–water partition coefficient (Wildman–Crippen LogP) is 4.11. The number of thioether (sulfide) groups is 1. The van der Waals surface area contributed by atoms with Gasteiger partial charge >= 0.3 is 5.24 Å². The van der Waals surface area contributed by atoms with Gasteiger partial charge in [-0.05, 0) is 54.2 Å². The highest BCUT2D eigenvalue weighted by Gasteiger charge is 2.20. The van der Waals surface area contributed by atoms with Gasteiger partial charge in [0.1, 0.15) is 11.6 Å². The summed E-state index contributed by atoms with van der Waals surface area (Å²) in [6.07, 6.45) is 3.76. The van der Waals surface area contributed by atoms with Crippen LogP contribution in [0.15, 0.2) is 70.7 Å². The number of hydrogen-bond acceptors (Lipinski definition) is 5. The third-order valence-corrected chi connectivity index (χ3v) is 4.89. The van der Waals surface area contributed by atoms with Crippen LogP contribution in [0.25, 0.3) is 23.0 Å². The molecule has 1 amide bonds. The second kappa shape index (κ2) is 7.13. The molecule has 2 N–H and O–H groups in total. The van der Waals surface area contributed by atoms with Crippen molar-refractivity contribution in [1.82, 2.24) is 9.78 Å². The Morgan fingerprint density at radius 3 is 2.48 bits per heavy atom. The summed E-state index contributed by atoms with van der Waals surface area (Å²) < 4.78 is 7.04. The zero-order valence-electron chi connectivity index (χ0n) is 14.5. The number of amidine groups is 1. The molecule has 134 valence electrons. The average molecular weight is 376 g/mol. The van der Waals surface area contributed by atoms with E-state index in [1.165, 1.54) is 0 Å². The number of hydrogen-bond donors (Lipinski definition) is 1. The first-order chi connectivity index (χ1) is 13.1. The van der Waals surface area contributed by atoms with Crippen LogP contribution in [0.4, 0.5) is 4.79 Å². The van der Waals surface area contributed by atoms with Gasteiger partial charge < -0.3 is 10.5 Å². The van der Waals surface area contributed by atoms with E-state index < -0.39 is 0 Å². The second-order valence-electron chi connectivity index (χ2n) is 5.82. The van der Waals surface area contributed by atoms with Crippen molar-refractivity contribution in [2.75, 3.05) is 7.11 Å². The largest absolute Gasteiger partial charge is 0.497 e. The Bertz CT molecular complexity index is 1050. The Morgan fingerprint density at radius 2 is 1.85 bits per heavy atom. The van der Waals surface area contributed by atoms with Gasteiger partial charge in [0, 0.05) is 17.3 Å². The van der Waals surface area contributed by atoms with Gasteiger partial charge in [-0.3, -0.25) is 4.79 Å². The van der Waals surface area contributed by atoms with Gasteiger partial charge in [0.2, 0.25) is 0 Å². The molecule has 1 aliphatic heterocycles. The van der Waals surface area contributed by atoms with Crippen LogP contribution in [0.2, 0.25) is 0 Å². The summed E-state index contributed by atoms with van der Waals surface area (Å²) in [7, 11) is 1.63. The number of para-hydroxylation sites is 1. The highest BCUT2D eigenvalue weighted by molar-refractivity contribution is 8.18. The van der Waals surface area contributed by atoms with Crippen molar-refractivity contribution in [3.05, 3.63) is 71.3 Å². The van der Waals surface area contributed by atoms with Crippen LogP contribution >= 0.6 is 11.8 Å². The Hall–Kier alpha value is -3.32. The molecule has 1 aromatic heterocycles. The van der Waals surface area contributed by atoms with Crippen LogP contribution in [-0.4, -0.2) is 28.0 Å². The van der Waals surface area contributed by atoms with Crippen LogP contribution in [0.1, 0.15) is 5.56 Å². The maximum Gasteiger partial charge on any atom is 0.311 e. The molecule has 2 aromatic carbocycles. The van der Waals surface area contributed by atoms with Crippen LogP contribution in [-0.2, 0) is 0 Å². The highest BCUT2D eigenvalue weighted by atomic mass is 32.2. The second-order valence-corrected chi connectivity index (χ2v) is 6.81. The fourth-order valence-corrected chi connectivity index (χ4v) is 3.41. The maximum atomic E-state index is 11.5. The summed E-state index contributed by atoms with van der Waals surface area (Å²) in [4.78, 5) is 15.9. The number of ether oxygens (including phenoxy) is 1. The number of carbonyl (C=O) groups is 1. The first kappa shape index (κ1) is 17.1. The molecule has 7 heteroatoms.